The van der Waals surface area contributed by atoms with Crippen LogP contribution in [0.15, 0.2) is 29.4 Å². The first-order valence-corrected chi connectivity index (χ1v) is 10.6. The van der Waals surface area contributed by atoms with Gasteiger partial charge in [0.2, 0.25) is 5.91 Å². The number of alkyl carbamates (subject to hydrolysis) is 1. The molecule has 10 heteroatoms. The number of amides is 2. The average molecular weight is 562 g/mol. The van der Waals surface area contributed by atoms with Crippen molar-refractivity contribution in [1.29, 1.82) is 0 Å². The highest BCUT2D eigenvalue weighted by Crippen LogP contribution is 2.09. The van der Waals surface area contributed by atoms with Crippen molar-refractivity contribution in [1.82, 2.24) is 25.8 Å². The SMILES string of the molecule is CCNC(=NCC(=O)N(C)CCc1ccccn1)NCC(C)(C)NC(=O)OC(C)(C)C.I. The van der Waals surface area contributed by atoms with Crippen LogP contribution in [0.5, 0.6) is 0 Å². The summed E-state index contributed by atoms with van der Waals surface area (Å²) in [5.41, 5.74) is -0.199. The number of hydrogen-bond acceptors (Lipinski definition) is 5. The lowest BCUT2D eigenvalue weighted by atomic mass is 10.1. The van der Waals surface area contributed by atoms with Gasteiger partial charge in [0.15, 0.2) is 5.96 Å². The number of carbonyl (C=O) groups is 2. The Hall–Kier alpha value is -2.11. The molecule has 1 aromatic rings. The number of pyridine rings is 1. The topological polar surface area (TPSA) is 108 Å². The number of halogens is 1. The number of ether oxygens (including phenoxy) is 1. The van der Waals surface area contributed by atoms with Crippen LogP contribution in [0.2, 0.25) is 0 Å². The van der Waals surface area contributed by atoms with Gasteiger partial charge in [-0.3, -0.25) is 9.78 Å². The summed E-state index contributed by atoms with van der Waals surface area (Å²) < 4.78 is 5.31. The third kappa shape index (κ3) is 13.3. The summed E-state index contributed by atoms with van der Waals surface area (Å²) in [5.74, 6) is 0.423. The highest BCUT2D eigenvalue weighted by molar-refractivity contribution is 14.0. The van der Waals surface area contributed by atoms with Crippen molar-refractivity contribution in [2.45, 2.75) is 59.1 Å². The monoisotopic (exact) mass is 562 g/mol. The number of nitrogens with one attached hydrogen (secondary N) is 3. The molecule has 0 aliphatic carbocycles. The van der Waals surface area contributed by atoms with Crippen molar-refractivity contribution < 1.29 is 14.3 Å². The minimum Gasteiger partial charge on any atom is -0.444 e. The molecule has 0 atom stereocenters. The smallest absolute Gasteiger partial charge is 0.408 e. The van der Waals surface area contributed by atoms with E-state index in [9.17, 15) is 9.59 Å². The minimum atomic E-state index is -0.581. The number of rotatable bonds is 9. The fraction of sp³-hybridized carbons (Fsp3) is 0.636. The second-order valence-electron chi connectivity index (χ2n) is 8.95. The minimum absolute atomic E-state index is 0. The summed E-state index contributed by atoms with van der Waals surface area (Å²) in [6.07, 6.45) is 1.95. The van der Waals surface area contributed by atoms with Gasteiger partial charge in [0, 0.05) is 45.0 Å². The first-order chi connectivity index (χ1) is 14.4. The maximum absolute atomic E-state index is 12.4. The lowest BCUT2D eigenvalue weighted by Gasteiger charge is -2.29. The molecule has 32 heavy (non-hydrogen) atoms. The molecular weight excluding hydrogens is 523 g/mol. The van der Waals surface area contributed by atoms with Gasteiger partial charge >= 0.3 is 6.09 Å². The van der Waals surface area contributed by atoms with Gasteiger partial charge < -0.3 is 25.6 Å². The van der Waals surface area contributed by atoms with Crippen LogP contribution in [0, 0.1) is 0 Å². The molecule has 3 N–H and O–H groups in total. The molecule has 9 nitrogen and oxygen atoms in total. The Labute approximate surface area is 209 Å². The van der Waals surface area contributed by atoms with E-state index in [1.807, 2.05) is 59.7 Å². The van der Waals surface area contributed by atoms with E-state index in [1.54, 1.807) is 18.1 Å². The molecule has 0 spiro atoms. The van der Waals surface area contributed by atoms with Crippen LogP contribution in [0.25, 0.3) is 0 Å². The van der Waals surface area contributed by atoms with Crippen molar-refractivity contribution in [2.24, 2.45) is 4.99 Å². The van der Waals surface area contributed by atoms with Gasteiger partial charge in [-0.1, -0.05) is 6.07 Å². The number of likely N-dealkylation sites (N-methyl/N-ethyl adjacent to an activating group) is 1. The van der Waals surface area contributed by atoms with Gasteiger partial charge in [-0.15, -0.1) is 24.0 Å². The molecule has 0 saturated carbocycles. The van der Waals surface area contributed by atoms with E-state index in [2.05, 4.69) is 25.9 Å². The zero-order chi connectivity index (χ0) is 23.5. The van der Waals surface area contributed by atoms with Gasteiger partial charge in [-0.25, -0.2) is 9.79 Å². The Morgan fingerprint density at radius 3 is 2.41 bits per heavy atom. The van der Waals surface area contributed by atoms with E-state index < -0.39 is 17.2 Å². The molecule has 0 aromatic carbocycles. The average Bonchev–Trinajstić information content (AvgIpc) is 2.66. The predicted octanol–water partition coefficient (Wildman–Crippen LogP) is 2.56. The maximum Gasteiger partial charge on any atom is 0.408 e. The Morgan fingerprint density at radius 1 is 1.16 bits per heavy atom. The fourth-order valence-electron chi connectivity index (χ4n) is 2.49. The molecule has 0 radical (unpaired) electrons. The molecule has 1 aromatic heterocycles. The molecule has 1 heterocycles. The predicted molar refractivity (Wildman–Crippen MR) is 138 cm³/mol. The van der Waals surface area contributed by atoms with Gasteiger partial charge in [0.25, 0.3) is 0 Å². The van der Waals surface area contributed by atoms with Crippen molar-refractivity contribution in [3.8, 4) is 0 Å². The van der Waals surface area contributed by atoms with Crippen molar-refractivity contribution >= 4 is 41.9 Å². The van der Waals surface area contributed by atoms with Crippen molar-refractivity contribution in [3.63, 3.8) is 0 Å². The molecule has 2 amide bonds. The van der Waals surface area contributed by atoms with Crippen LogP contribution >= 0.6 is 24.0 Å². The highest BCUT2D eigenvalue weighted by atomic mass is 127. The summed E-state index contributed by atoms with van der Waals surface area (Å²) in [6.45, 7) is 12.8. The largest absolute Gasteiger partial charge is 0.444 e. The molecule has 0 aliphatic rings. The first-order valence-electron chi connectivity index (χ1n) is 10.6. The second kappa shape index (κ2) is 14.1. The third-order valence-electron chi connectivity index (χ3n) is 4.11. The normalized spacial score (nSPS) is 11.8. The molecule has 0 bridgehead atoms. The highest BCUT2D eigenvalue weighted by Gasteiger charge is 2.24. The van der Waals surface area contributed by atoms with E-state index in [0.29, 0.717) is 32.0 Å². The summed E-state index contributed by atoms with van der Waals surface area (Å²) in [4.78, 5) is 34.8. The number of hydrogen-bond donors (Lipinski definition) is 3. The second-order valence-corrected chi connectivity index (χ2v) is 8.95. The van der Waals surface area contributed by atoms with Crippen LogP contribution in [0.4, 0.5) is 4.79 Å². The van der Waals surface area contributed by atoms with E-state index in [-0.39, 0.29) is 36.4 Å². The summed E-state index contributed by atoms with van der Waals surface area (Å²) in [6, 6.07) is 5.74. The Balaban J connectivity index is 0.00000961. The van der Waals surface area contributed by atoms with Crippen LogP contribution in [0.1, 0.15) is 47.2 Å². The molecule has 1 rings (SSSR count). The molecule has 182 valence electrons. The quantitative estimate of drug-likeness (QED) is 0.243. The fourth-order valence-corrected chi connectivity index (χ4v) is 2.49. The van der Waals surface area contributed by atoms with Crippen molar-refractivity contribution in [2.75, 3.05) is 33.2 Å². The lowest BCUT2D eigenvalue weighted by molar-refractivity contribution is -0.128. The Morgan fingerprint density at radius 2 is 1.84 bits per heavy atom. The molecule has 0 unspecified atom stereocenters. The van der Waals surface area contributed by atoms with Crippen LogP contribution in [0.3, 0.4) is 0 Å². The van der Waals surface area contributed by atoms with E-state index in [4.69, 9.17) is 4.74 Å². The van der Waals surface area contributed by atoms with E-state index >= 15 is 0 Å². The zero-order valence-corrected chi connectivity index (χ0v) is 22.6. The van der Waals surface area contributed by atoms with Crippen molar-refractivity contribution in [3.05, 3.63) is 30.1 Å². The van der Waals surface area contributed by atoms with Crippen LogP contribution < -0.4 is 16.0 Å². The first kappa shape index (κ1) is 29.9. The van der Waals surface area contributed by atoms with Gasteiger partial charge in [-0.2, -0.15) is 0 Å². The summed E-state index contributed by atoms with van der Waals surface area (Å²) >= 11 is 0. The molecule has 0 fully saturated rings. The van der Waals surface area contributed by atoms with Gasteiger partial charge in [0.05, 0.1) is 5.54 Å². The van der Waals surface area contributed by atoms with Crippen LogP contribution in [-0.4, -0.2) is 72.2 Å². The number of aromatic nitrogens is 1. The molecule has 0 aliphatic heterocycles. The number of nitrogens with zero attached hydrogens (tertiary/aromatic N) is 3. The van der Waals surface area contributed by atoms with E-state index in [0.717, 1.165) is 5.69 Å². The Kier molecular flexibility index (Phi) is 13.2. The number of aliphatic imine (C=N–C) groups is 1. The van der Waals surface area contributed by atoms with Gasteiger partial charge in [0.1, 0.15) is 12.1 Å². The number of carbonyl (C=O) groups excluding carboxylic acids is 2. The maximum atomic E-state index is 12.4. The zero-order valence-electron chi connectivity index (χ0n) is 20.3. The van der Waals surface area contributed by atoms with E-state index in [1.165, 1.54) is 0 Å². The molecular formula is C22H39IN6O3. The summed E-state index contributed by atoms with van der Waals surface area (Å²) in [5, 5.41) is 9.12. The molecule has 0 saturated heterocycles. The summed E-state index contributed by atoms with van der Waals surface area (Å²) in [7, 11) is 1.76. The Bertz CT molecular complexity index is 735. The van der Waals surface area contributed by atoms with Crippen LogP contribution in [-0.2, 0) is 16.0 Å². The standard InChI is InChI=1S/C22H38N6O3.HI/c1-8-23-19(26-16-22(5,6)27-20(30)31-21(2,3)4)25-15-18(29)28(7)14-12-17-11-9-10-13-24-17;/h9-11,13H,8,12,14-16H2,1-7H3,(H,27,30)(H2,23,25,26);1H. The third-order valence-corrected chi connectivity index (χ3v) is 4.11. The number of guanidine groups is 1. The lowest BCUT2D eigenvalue weighted by Crippen LogP contribution is -2.54. The van der Waals surface area contributed by atoms with Gasteiger partial charge in [-0.05, 0) is 53.7 Å².